The molecule has 1 aromatic carbocycles. The van der Waals surface area contributed by atoms with E-state index in [1.165, 1.54) is 12.1 Å². The van der Waals surface area contributed by atoms with Gasteiger partial charge in [-0.2, -0.15) is 0 Å². The molecule has 1 atom stereocenters. The fourth-order valence-electron chi connectivity index (χ4n) is 2.67. The van der Waals surface area contributed by atoms with E-state index in [2.05, 4.69) is 10.6 Å². The Bertz CT molecular complexity index is 523. The first kappa shape index (κ1) is 14.9. The van der Waals surface area contributed by atoms with E-state index >= 15 is 0 Å². The molecule has 1 saturated heterocycles. The number of halogens is 2. The second kappa shape index (κ2) is 5.48. The molecule has 0 saturated carbocycles. The normalized spacial score (nSPS) is 22.3. The number of carbonyl (C=O) groups excluding carboxylic acids is 1. The van der Waals surface area contributed by atoms with Crippen molar-refractivity contribution < 1.29 is 13.6 Å². The molecule has 1 fully saturated rings. The Morgan fingerprint density at radius 2 is 2.10 bits per heavy atom. The monoisotopic (exact) mass is 282 g/mol. The first-order chi connectivity index (χ1) is 9.38. The fraction of sp³-hybridized carbons (Fsp3) is 0.533. The maximum Gasteiger partial charge on any atom is 0.232 e. The lowest BCUT2D eigenvalue weighted by molar-refractivity contribution is -0.126. The number of hydrogen-bond acceptors (Lipinski definition) is 2. The van der Waals surface area contributed by atoms with E-state index in [0.29, 0.717) is 18.5 Å². The Labute approximate surface area is 117 Å². The lowest BCUT2D eigenvalue weighted by Gasteiger charge is -2.31. The standard InChI is InChI=1S/C15H20F2N2O/c1-9(2)15(6-7-18-8-15)14(20)19-13-11(16)5-4-10(3)12(13)17/h4-5,9,18H,6-8H2,1-3H3,(H,19,20). The molecule has 0 radical (unpaired) electrons. The van der Waals surface area contributed by atoms with Gasteiger partial charge in [0, 0.05) is 6.54 Å². The van der Waals surface area contributed by atoms with Crippen molar-refractivity contribution in [1.29, 1.82) is 0 Å². The van der Waals surface area contributed by atoms with E-state index in [1.54, 1.807) is 6.92 Å². The molecule has 110 valence electrons. The van der Waals surface area contributed by atoms with Gasteiger partial charge in [0.05, 0.1) is 5.41 Å². The zero-order chi connectivity index (χ0) is 14.9. The van der Waals surface area contributed by atoms with Crippen molar-refractivity contribution in [3.63, 3.8) is 0 Å². The molecule has 1 aliphatic rings. The molecule has 2 rings (SSSR count). The van der Waals surface area contributed by atoms with E-state index in [4.69, 9.17) is 0 Å². The van der Waals surface area contributed by atoms with Gasteiger partial charge in [-0.1, -0.05) is 19.9 Å². The third-order valence-electron chi connectivity index (χ3n) is 4.27. The molecule has 1 heterocycles. The maximum atomic E-state index is 14.0. The number of aryl methyl sites for hydroxylation is 1. The minimum Gasteiger partial charge on any atom is -0.321 e. The van der Waals surface area contributed by atoms with Crippen molar-refractivity contribution in [1.82, 2.24) is 5.32 Å². The van der Waals surface area contributed by atoms with Gasteiger partial charge in [-0.3, -0.25) is 4.79 Å². The highest BCUT2D eigenvalue weighted by Crippen LogP contribution is 2.36. The molecule has 2 N–H and O–H groups in total. The van der Waals surface area contributed by atoms with Crippen LogP contribution in [0, 0.1) is 29.9 Å². The van der Waals surface area contributed by atoms with Gasteiger partial charge in [0.15, 0.2) is 5.82 Å². The molecule has 5 heteroatoms. The number of amides is 1. The van der Waals surface area contributed by atoms with Crippen molar-refractivity contribution >= 4 is 11.6 Å². The molecule has 1 amide bonds. The SMILES string of the molecule is Cc1ccc(F)c(NC(=O)C2(C(C)C)CCNC2)c1F. The smallest absolute Gasteiger partial charge is 0.232 e. The summed E-state index contributed by atoms with van der Waals surface area (Å²) in [6.45, 7) is 6.72. The van der Waals surface area contributed by atoms with Crippen LogP contribution in [-0.4, -0.2) is 19.0 Å². The molecule has 0 spiro atoms. The average molecular weight is 282 g/mol. The molecular weight excluding hydrogens is 262 g/mol. The predicted molar refractivity (Wildman–Crippen MR) is 74.5 cm³/mol. The second-order valence-electron chi connectivity index (χ2n) is 5.75. The van der Waals surface area contributed by atoms with Gasteiger partial charge in [-0.05, 0) is 37.4 Å². The highest BCUT2D eigenvalue weighted by atomic mass is 19.1. The van der Waals surface area contributed by atoms with Crippen LogP contribution < -0.4 is 10.6 Å². The molecule has 1 aromatic rings. The molecule has 3 nitrogen and oxygen atoms in total. The maximum absolute atomic E-state index is 14.0. The van der Waals surface area contributed by atoms with Crippen LogP contribution in [0.5, 0.6) is 0 Å². The Kier molecular flexibility index (Phi) is 4.09. The number of anilines is 1. The van der Waals surface area contributed by atoms with Gasteiger partial charge in [-0.15, -0.1) is 0 Å². The highest BCUT2D eigenvalue weighted by Gasteiger charge is 2.44. The van der Waals surface area contributed by atoms with Crippen LogP contribution in [0.25, 0.3) is 0 Å². The Hall–Kier alpha value is -1.49. The van der Waals surface area contributed by atoms with Crippen LogP contribution >= 0.6 is 0 Å². The largest absolute Gasteiger partial charge is 0.321 e. The van der Waals surface area contributed by atoms with Crippen LogP contribution in [0.15, 0.2) is 12.1 Å². The number of carbonyl (C=O) groups is 1. The van der Waals surface area contributed by atoms with E-state index in [-0.39, 0.29) is 17.5 Å². The average Bonchev–Trinajstić information content (AvgIpc) is 2.90. The summed E-state index contributed by atoms with van der Waals surface area (Å²) >= 11 is 0. The van der Waals surface area contributed by atoms with Gasteiger partial charge >= 0.3 is 0 Å². The minimum atomic E-state index is -0.744. The Balaban J connectivity index is 2.30. The van der Waals surface area contributed by atoms with Crippen LogP contribution in [-0.2, 0) is 4.79 Å². The number of benzene rings is 1. The molecule has 0 aliphatic carbocycles. The Morgan fingerprint density at radius 3 is 2.65 bits per heavy atom. The second-order valence-corrected chi connectivity index (χ2v) is 5.75. The summed E-state index contributed by atoms with van der Waals surface area (Å²) in [6.07, 6.45) is 0.672. The summed E-state index contributed by atoms with van der Waals surface area (Å²) in [5.74, 6) is -1.68. The first-order valence-corrected chi connectivity index (χ1v) is 6.85. The summed E-state index contributed by atoms with van der Waals surface area (Å²) in [5, 5.41) is 5.61. The summed E-state index contributed by atoms with van der Waals surface area (Å²) in [5.41, 5.74) is -0.644. The van der Waals surface area contributed by atoms with E-state index < -0.39 is 17.0 Å². The third-order valence-corrected chi connectivity index (χ3v) is 4.27. The molecule has 1 aliphatic heterocycles. The summed E-state index contributed by atoms with van der Waals surface area (Å²) < 4.78 is 27.7. The first-order valence-electron chi connectivity index (χ1n) is 6.85. The van der Waals surface area contributed by atoms with Gasteiger partial charge in [0.1, 0.15) is 11.5 Å². The van der Waals surface area contributed by atoms with E-state index in [0.717, 1.165) is 6.54 Å². The van der Waals surface area contributed by atoms with Crippen molar-refractivity contribution in [3.8, 4) is 0 Å². The van der Waals surface area contributed by atoms with Gasteiger partial charge in [0.2, 0.25) is 5.91 Å². The van der Waals surface area contributed by atoms with Crippen LogP contribution in [0.4, 0.5) is 14.5 Å². The summed E-state index contributed by atoms with van der Waals surface area (Å²) in [4.78, 5) is 12.5. The molecular formula is C15H20F2N2O. The number of nitrogens with one attached hydrogen (secondary N) is 2. The lowest BCUT2D eigenvalue weighted by Crippen LogP contribution is -2.42. The van der Waals surface area contributed by atoms with Gasteiger partial charge in [0.25, 0.3) is 0 Å². The van der Waals surface area contributed by atoms with Crippen molar-refractivity contribution in [2.75, 3.05) is 18.4 Å². The summed E-state index contributed by atoms with van der Waals surface area (Å²) in [6, 6.07) is 2.53. The third kappa shape index (κ3) is 2.42. The van der Waals surface area contributed by atoms with Gasteiger partial charge < -0.3 is 10.6 Å². The van der Waals surface area contributed by atoms with Crippen LogP contribution in [0.1, 0.15) is 25.8 Å². The molecule has 0 bridgehead atoms. The summed E-state index contributed by atoms with van der Waals surface area (Å²) in [7, 11) is 0. The zero-order valence-electron chi connectivity index (χ0n) is 12.0. The van der Waals surface area contributed by atoms with Gasteiger partial charge in [-0.25, -0.2) is 8.78 Å². The Morgan fingerprint density at radius 1 is 1.40 bits per heavy atom. The zero-order valence-corrected chi connectivity index (χ0v) is 12.0. The van der Waals surface area contributed by atoms with Crippen LogP contribution in [0.3, 0.4) is 0 Å². The van der Waals surface area contributed by atoms with Crippen molar-refractivity contribution in [3.05, 3.63) is 29.3 Å². The molecule has 20 heavy (non-hydrogen) atoms. The number of hydrogen-bond donors (Lipinski definition) is 2. The predicted octanol–water partition coefficient (Wildman–Crippen LogP) is 2.85. The van der Waals surface area contributed by atoms with Crippen molar-refractivity contribution in [2.45, 2.75) is 27.2 Å². The topological polar surface area (TPSA) is 41.1 Å². The minimum absolute atomic E-state index is 0.0911. The quantitative estimate of drug-likeness (QED) is 0.895. The van der Waals surface area contributed by atoms with Crippen LogP contribution in [0.2, 0.25) is 0 Å². The van der Waals surface area contributed by atoms with E-state index in [1.807, 2.05) is 13.8 Å². The van der Waals surface area contributed by atoms with E-state index in [9.17, 15) is 13.6 Å². The fourth-order valence-corrected chi connectivity index (χ4v) is 2.67. The lowest BCUT2D eigenvalue weighted by atomic mass is 9.75. The number of rotatable bonds is 3. The molecule has 1 unspecified atom stereocenters. The molecule has 0 aromatic heterocycles. The van der Waals surface area contributed by atoms with Crippen molar-refractivity contribution in [2.24, 2.45) is 11.3 Å². The highest BCUT2D eigenvalue weighted by molar-refractivity contribution is 5.96.